The molecule has 0 aliphatic rings. The minimum atomic E-state index is -3.67. The van der Waals surface area contributed by atoms with Crippen LogP contribution in [0.3, 0.4) is 0 Å². The fourth-order valence-electron chi connectivity index (χ4n) is 3.99. The van der Waals surface area contributed by atoms with Crippen LogP contribution in [0.4, 0.5) is 0 Å². The molecular formula is C31H26O4S. The SMILES string of the molecule is Cc1ccc(S(=O)(=O)c2ccc3c(OCc4ccccc4)cc(OCc4ccccc4)cc3c2)cc1. The summed E-state index contributed by atoms with van der Waals surface area (Å²) in [4.78, 5) is 0.498. The molecule has 0 aliphatic carbocycles. The Morgan fingerprint density at radius 3 is 1.83 bits per heavy atom. The van der Waals surface area contributed by atoms with Gasteiger partial charge in [-0.3, -0.25) is 0 Å². The highest BCUT2D eigenvalue weighted by Gasteiger charge is 2.19. The highest BCUT2D eigenvalue weighted by atomic mass is 32.2. The van der Waals surface area contributed by atoms with Gasteiger partial charge in [-0.2, -0.15) is 0 Å². The van der Waals surface area contributed by atoms with Crippen LogP contribution in [0, 0.1) is 6.92 Å². The predicted molar refractivity (Wildman–Crippen MR) is 142 cm³/mol. The van der Waals surface area contributed by atoms with Crippen molar-refractivity contribution in [3.63, 3.8) is 0 Å². The van der Waals surface area contributed by atoms with Gasteiger partial charge in [0, 0.05) is 11.5 Å². The third kappa shape index (κ3) is 5.26. The van der Waals surface area contributed by atoms with E-state index in [0.29, 0.717) is 24.7 Å². The first-order valence-electron chi connectivity index (χ1n) is 11.7. The lowest BCUT2D eigenvalue weighted by molar-refractivity contribution is 0.292. The molecule has 0 bridgehead atoms. The summed E-state index contributed by atoms with van der Waals surface area (Å²) >= 11 is 0. The number of rotatable bonds is 8. The normalized spacial score (nSPS) is 11.4. The zero-order valence-corrected chi connectivity index (χ0v) is 20.7. The maximum absolute atomic E-state index is 13.3. The van der Waals surface area contributed by atoms with Crippen molar-refractivity contribution < 1.29 is 17.9 Å². The lowest BCUT2D eigenvalue weighted by Crippen LogP contribution is -2.03. The minimum absolute atomic E-state index is 0.230. The van der Waals surface area contributed by atoms with Crippen molar-refractivity contribution >= 4 is 20.6 Å². The number of ether oxygens (including phenoxy) is 2. The Hall–Kier alpha value is -4.09. The molecule has 0 saturated heterocycles. The van der Waals surface area contributed by atoms with Gasteiger partial charge in [0.05, 0.1) is 9.79 Å². The predicted octanol–water partition coefficient (Wildman–Crippen LogP) is 7.14. The van der Waals surface area contributed by atoms with Gasteiger partial charge in [0.2, 0.25) is 9.84 Å². The van der Waals surface area contributed by atoms with Gasteiger partial charge in [-0.15, -0.1) is 0 Å². The van der Waals surface area contributed by atoms with Crippen molar-refractivity contribution in [1.82, 2.24) is 0 Å². The van der Waals surface area contributed by atoms with E-state index in [-0.39, 0.29) is 9.79 Å². The summed E-state index contributed by atoms with van der Waals surface area (Å²) in [7, 11) is -3.67. The Kier molecular flexibility index (Phi) is 6.74. The van der Waals surface area contributed by atoms with Gasteiger partial charge in [-0.1, -0.05) is 78.4 Å². The van der Waals surface area contributed by atoms with Gasteiger partial charge in [-0.05, 0) is 59.8 Å². The molecule has 36 heavy (non-hydrogen) atoms. The summed E-state index contributed by atoms with van der Waals surface area (Å²) in [5.41, 5.74) is 3.09. The third-order valence-electron chi connectivity index (χ3n) is 5.99. The topological polar surface area (TPSA) is 52.6 Å². The maximum Gasteiger partial charge on any atom is 0.206 e. The highest BCUT2D eigenvalue weighted by molar-refractivity contribution is 7.91. The summed E-state index contributed by atoms with van der Waals surface area (Å²) in [5, 5.41) is 1.55. The summed E-state index contributed by atoms with van der Waals surface area (Å²) in [6.45, 7) is 2.72. The number of benzene rings is 5. The average Bonchev–Trinajstić information content (AvgIpc) is 2.91. The summed E-state index contributed by atoms with van der Waals surface area (Å²) in [5.74, 6) is 1.25. The summed E-state index contributed by atoms with van der Waals surface area (Å²) < 4.78 is 38.9. The second kappa shape index (κ2) is 10.3. The second-order valence-corrected chi connectivity index (χ2v) is 10.6. The average molecular weight is 495 g/mol. The van der Waals surface area contributed by atoms with E-state index in [9.17, 15) is 8.42 Å². The molecule has 5 aromatic rings. The smallest absolute Gasteiger partial charge is 0.206 e. The van der Waals surface area contributed by atoms with E-state index in [1.165, 1.54) is 0 Å². The van der Waals surface area contributed by atoms with Crippen molar-refractivity contribution in [1.29, 1.82) is 0 Å². The van der Waals surface area contributed by atoms with E-state index in [1.54, 1.807) is 42.5 Å². The van der Waals surface area contributed by atoms with Crippen LogP contribution in [0.15, 0.2) is 125 Å². The molecule has 5 heteroatoms. The number of aryl methyl sites for hydroxylation is 1. The molecule has 5 aromatic carbocycles. The van der Waals surface area contributed by atoms with Crippen molar-refractivity contribution in [2.24, 2.45) is 0 Å². The maximum atomic E-state index is 13.3. The molecule has 0 amide bonds. The third-order valence-corrected chi connectivity index (χ3v) is 7.75. The van der Waals surface area contributed by atoms with Crippen LogP contribution in [0.1, 0.15) is 16.7 Å². The lowest BCUT2D eigenvalue weighted by Gasteiger charge is -2.14. The van der Waals surface area contributed by atoms with E-state index in [2.05, 4.69) is 0 Å². The van der Waals surface area contributed by atoms with Crippen LogP contribution in [-0.2, 0) is 23.1 Å². The second-order valence-electron chi connectivity index (χ2n) is 8.67. The first-order chi connectivity index (χ1) is 17.5. The fourth-order valence-corrected chi connectivity index (χ4v) is 5.28. The molecule has 0 fully saturated rings. The van der Waals surface area contributed by atoms with Gasteiger partial charge in [0.1, 0.15) is 24.7 Å². The first kappa shape index (κ1) is 23.6. The van der Waals surface area contributed by atoms with Gasteiger partial charge in [0.25, 0.3) is 0 Å². The Labute approximate surface area is 211 Å². The highest BCUT2D eigenvalue weighted by Crippen LogP contribution is 2.35. The molecule has 5 rings (SSSR count). The number of fused-ring (bicyclic) bond motifs is 1. The number of hydrogen-bond donors (Lipinski definition) is 0. The number of hydrogen-bond acceptors (Lipinski definition) is 4. The molecule has 180 valence electrons. The van der Waals surface area contributed by atoms with Crippen molar-refractivity contribution in [2.75, 3.05) is 0 Å². The molecule has 4 nitrogen and oxygen atoms in total. The standard InChI is InChI=1S/C31H26O4S/c1-23-12-14-28(15-13-23)36(32,33)29-16-17-30-26(19-29)18-27(34-21-24-8-4-2-5-9-24)20-31(30)35-22-25-10-6-3-7-11-25/h2-20H,21-22H2,1H3. The molecule has 0 atom stereocenters. The molecule has 0 N–H and O–H groups in total. The Morgan fingerprint density at radius 2 is 1.19 bits per heavy atom. The Morgan fingerprint density at radius 1 is 0.611 bits per heavy atom. The largest absolute Gasteiger partial charge is 0.489 e. The lowest BCUT2D eigenvalue weighted by atomic mass is 10.1. The van der Waals surface area contributed by atoms with Gasteiger partial charge in [-0.25, -0.2) is 8.42 Å². The molecule has 0 saturated carbocycles. The van der Waals surface area contributed by atoms with E-state index in [0.717, 1.165) is 27.5 Å². The van der Waals surface area contributed by atoms with E-state index < -0.39 is 9.84 Å². The van der Waals surface area contributed by atoms with Gasteiger partial charge < -0.3 is 9.47 Å². The number of sulfone groups is 1. The quantitative estimate of drug-likeness (QED) is 0.230. The Bertz CT molecular complexity index is 1580. The van der Waals surface area contributed by atoms with Crippen LogP contribution in [-0.4, -0.2) is 8.42 Å². The molecule has 0 aromatic heterocycles. The molecule has 0 unspecified atom stereocenters. The summed E-state index contributed by atoms with van der Waals surface area (Å²) in [6.07, 6.45) is 0. The van der Waals surface area contributed by atoms with Crippen LogP contribution in [0.25, 0.3) is 10.8 Å². The zero-order valence-electron chi connectivity index (χ0n) is 19.9. The van der Waals surface area contributed by atoms with Gasteiger partial charge in [0.15, 0.2) is 0 Å². The first-order valence-corrected chi connectivity index (χ1v) is 13.2. The minimum Gasteiger partial charge on any atom is -0.489 e. The van der Waals surface area contributed by atoms with Crippen molar-refractivity contribution in [2.45, 2.75) is 29.9 Å². The van der Waals surface area contributed by atoms with Crippen molar-refractivity contribution in [3.8, 4) is 11.5 Å². The van der Waals surface area contributed by atoms with E-state index in [1.807, 2.05) is 79.7 Å². The molecular weight excluding hydrogens is 468 g/mol. The molecule has 0 aliphatic heterocycles. The molecule has 0 heterocycles. The van der Waals surface area contributed by atoms with Crippen LogP contribution >= 0.6 is 0 Å². The van der Waals surface area contributed by atoms with E-state index >= 15 is 0 Å². The van der Waals surface area contributed by atoms with Crippen LogP contribution in [0.2, 0.25) is 0 Å². The van der Waals surface area contributed by atoms with Gasteiger partial charge >= 0.3 is 0 Å². The van der Waals surface area contributed by atoms with E-state index in [4.69, 9.17) is 9.47 Å². The summed E-state index contributed by atoms with van der Waals surface area (Å²) in [6, 6.07) is 35.6. The monoisotopic (exact) mass is 494 g/mol. The Balaban J connectivity index is 1.52. The molecule has 0 radical (unpaired) electrons. The van der Waals surface area contributed by atoms with Crippen molar-refractivity contribution in [3.05, 3.63) is 132 Å². The fraction of sp³-hybridized carbons (Fsp3) is 0.0968. The van der Waals surface area contributed by atoms with Crippen LogP contribution < -0.4 is 9.47 Å². The van der Waals surface area contributed by atoms with Crippen LogP contribution in [0.5, 0.6) is 11.5 Å². The molecule has 0 spiro atoms. The zero-order chi connectivity index (χ0) is 25.0.